The van der Waals surface area contributed by atoms with Crippen LogP contribution in [0.4, 0.5) is 13.2 Å². The van der Waals surface area contributed by atoms with E-state index >= 15 is 0 Å². The number of rotatable bonds is 6. The number of hydrogen-bond acceptors (Lipinski definition) is 3. The van der Waals surface area contributed by atoms with Crippen molar-refractivity contribution in [3.05, 3.63) is 18.2 Å². The smallest absolute Gasteiger partial charge is 0.372 e. The first kappa shape index (κ1) is 13.0. The molecule has 4 nitrogen and oxygen atoms in total. The van der Waals surface area contributed by atoms with E-state index in [1.807, 2.05) is 0 Å². The number of ether oxygens (including phenoxy) is 1. The van der Waals surface area contributed by atoms with Gasteiger partial charge in [-0.3, -0.25) is 0 Å². The van der Waals surface area contributed by atoms with E-state index in [1.54, 1.807) is 12.4 Å². The maximum absolute atomic E-state index is 11.7. The molecular formula is C9H14F3N3O. The Morgan fingerprint density at radius 2 is 2.25 bits per heavy atom. The maximum atomic E-state index is 11.7. The summed E-state index contributed by atoms with van der Waals surface area (Å²) in [5, 5.41) is 0. The fourth-order valence-corrected chi connectivity index (χ4v) is 1.18. The summed E-state index contributed by atoms with van der Waals surface area (Å²) in [6, 6.07) is -0.251. The molecule has 0 fully saturated rings. The van der Waals surface area contributed by atoms with Crippen LogP contribution in [0.3, 0.4) is 0 Å². The molecule has 1 atom stereocenters. The van der Waals surface area contributed by atoms with Crippen LogP contribution in [-0.4, -0.2) is 35.4 Å². The lowest BCUT2D eigenvalue weighted by Gasteiger charge is -2.11. The maximum Gasteiger partial charge on any atom is 0.411 e. The van der Waals surface area contributed by atoms with E-state index in [2.05, 4.69) is 14.7 Å². The summed E-state index contributed by atoms with van der Waals surface area (Å²) in [5.74, 6) is 0.725. The molecule has 0 saturated carbocycles. The minimum atomic E-state index is -4.27. The van der Waals surface area contributed by atoms with E-state index in [1.165, 1.54) is 0 Å². The molecule has 16 heavy (non-hydrogen) atoms. The molecule has 0 saturated heterocycles. The molecule has 1 heterocycles. The van der Waals surface area contributed by atoms with E-state index in [0.29, 0.717) is 12.8 Å². The molecule has 1 aromatic rings. The predicted octanol–water partition coefficient (Wildman–Crippen LogP) is 1.25. The lowest BCUT2D eigenvalue weighted by Crippen LogP contribution is -2.26. The minimum Gasteiger partial charge on any atom is -0.372 e. The van der Waals surface area contributed by atoms with Gasteiger partial charge in [-0.25, -0.2) is 4.98 Å². The summed E-state index contributed by atoms with van der Waals surface area (Å²) < 4.78 is 39.6. The van der Waals surface area contributed by atoms with Crippen molar-refractivity contribution in [2.24, 2.45) is 5.73 Å². The Bertz CT molecular complexity index is 287. The molecule has 0 spiro atoms. The predicted molar refractivity (Wildman–Crippen MR) is 51.8 cm³/mol. The van der Waals surface area contributed by atoms with Gasteiger partial charge in [0.25, 0.3) is 0 Å². The van der Waals surface area contributed by atoms with E-state index < -0.39 is 12.8 Å². The molecular weight excluding hydrogens is 223 g/mol. The SMILES string of the molecule is NC(CCOCC(F)(F)F)Cc1ncc[nH]1. The Hall–Kier alpha value is -1.08. The molecule has 92 valence electrons. The molecule has 0 aliphatic heterocycles. The van der Waals surface area contributed by atoms with Crippen LogP contribution in [0.5, 0.6) is 0 Å². The van der Waals surface area contributed by atoms with Crippen LogP contribution in [0.15, 0.2) is 12.4 Å². The Kier molecular flexibility index (Phi) is 4.75. The van der Waals surface area contributed by atoms with Gasteiger partial charge in [0.1, 0.15) is 12.4 Å². The van der Waals surface area contributed by atoms with Gasteiger partial charge < -0.3 is 15.5 Å². The fourth-order valence-electron chi connectivity index (χ4n) is 1.18. The number of hydrogen-bond donors (Lipinski definition) is 2. The average Bonchev–Trinajstić information content (AvgIpc) is 2.63. The molecule has 0 bridgehead atoms. The number of H-pyrrole nitrogens is 1. The van der Waals surface area contributed by atoms with Crippen molar-refractivity contribution in [2.45, 2.75) is 25.1 Å². The number of aromatic nitrogens is 2. The van der Waals surface area contributed by atoms with E-state index in [0.717, 1.165) is 5.82 Å². The van der Waals surface area contributed by atoms with Gasteiger partial charge in [-0.2, -0.15) is 13.2 Å². The number of aromatic amines is 1. The van der Waals surface area contributed by atoms with Crippen LogP contribution >= 0.6 is 0 Å². The van der Waals surface area contributed by atoms with Crippen molar-refractivity contribution in [1.29, 1.82) is 0 Å². The van der Waals surface area contributed by atoms with Crippen molar-refractivity contribution in [2.75, 3.05) is 13.2 Å². The van der Waals surface area contributed by atoms with Gasteiger partial charge >= 0.3 is 6.18 Å². The van der Waals surface area contributed by atoms with Gasteiger partial charge in [-0.15, -0.1) is 0 Å². The third-order valence-electron chi connectivity index (χ3n) is 1.91. The largest absolute Gasteiger partial charge is 0.411 e. The molecule has 0 amide bonds. The van der Waals surface area contributed by atoms with Crippen LogP contribution < -0.4 is 5.73 Å². The first-order valence-electron chi connectivity index (χ1n) is 4.86. The van der Waals surface area contributed by atoms with Gasteiger partial charge in [0.15, 0.2) is 0 Å². The second kappa shape index (κ2) is 5.86. The Labute approximate surface area is 91.0 Å². The quantitative estimate of drug-likeness (QED) is 0.732. The second-order valence-electron chi connectivity index (χ2n) is 3.46. The second-order valence-corrected chi connectivity index (χ2v) is 3.46. The fraction of sp³-hybridized carbons (Fsp3) is 0.667. The van der Waals surface area contributed by atoms with Crippen LogP contribution in [-0.2, 0) is 11.2 Å². The highest BCUT2D eigenvalue weighted by Gasteiger charge is 2.27. The lowest BCUT2D eigenvalue weighted by molar-refractivity contribution is -0.174. The Balaban J connectivity index is 2.09. The van der Waals surface area contributed by atoms with Gasteiger partial charge in [-0.05, 0) is 6.42 Å². The standard InChI is InChI=1S/C9H14F3N3O/c10-9(11,12)6-16-4-1-7(13)5-8-14-2-3-15-8/h2-3,7H,1,4-6,13H2,(H,14,15). The third-order valence-corrected chi connectivity index (χ3v) is 1.91. The molecule has 1 rings (SSSR count). The summed E-state index contributed by atoms with van der Waals surface area (Å²) in [7, 11) is 0. The highest BCUT2D eigenvalue weighted by molar-refractivity contribution is 4.90. The molecule has 0 aliphatic rings. The number of nitrogens with zero attached hydrogens (tertiary/aromatic N) is 1. The van der Waals surface area contributed by atoms with Crippen LogP contribution in [0.2, 0.25) is 0 Å². The molecule has 1 aromatic heterocycles. The number of imidazole rings is 1. The zero-order chi connectivity index (χ0) is 12.0. The highest BCUT2D eigenvalue weighted by Crippen LogP contribution is 2.14. The topological polar surface area (TPSA) is 63.9 Å². The van der Waals surface area contributed by atoms with Gasteiger partial charge in [0.2, 0.25) is 0 Å². The van der Waals surface area contributed by atoms with Crippen LogP contribution in [0, 0.1) is 0 Å². The first-order valence-corrected chi connectivity index (χ1v) is 4.86. The third kappa shape index (κ3) is 5.72. The summed E-state index contributed by atoms with van der Waals surface area (Å²) in [6.07, 6.45) is -0.130. The molecule has 0 aliphatic carbocycles. The summed E-state index contributed by atoms with van der Waals surface area (Å²) >= 11 is 0. The summed E-state index contributed by atoms with van der Waals surface area (Å²) in [6.45, 7) is -1.22. The molecule has 0 radical (unpaired) electrons. The average molecular weight is 237 g/mol. The summed E-state index contributed by atoms with van der Waals surface area (Å²) in [4.78, 5) is 6.84. The molecule has 1 unspecified atom stereocenters. The van der Waals surface area contributed by atoms with Gasteiger partial charge in [0.05, 0.1) is 0 Å². The van der Waals surface area contributed by atoms with Gasteiger partial charge in [0, 0.05) is 31.5 Å². The zero-order valence-corrected chi connectivity index (χ0v) is 8.63. The van der Waals surface area contributed by atoms with Crippen molar-refractivity contribution >= 4 is 0 Å². The summed E-state index contributed by atoms with van der Waals surface area (Å²) in [5.41, 5.74) is 5.69. The van der Waals surface area contributed by atoms with E-state index in [9.17, 15) is 13.2 Å². The molecule has 7 heteroatoms. The monoisotopic (exact) mass is 237 g/mol. The molecule has 0 aromatic carbocycles. The van der Waals surface area contributed by atoms with Gasteiger partial charge in [-0.1, -0.05) is 0 Å². The van der Waals surface area contributed by atoms with Crippen molar-refractivity contribution < 1.29 is 17.9 Å². The van der Waals surface area contributed by atoms with E-state index in [4.69, 9.17) is 5.73 Å². The highest BCUT2D eigenvalue weighted by atomic mass is 19.4. The number of nitrogens with two attached hydrogens (primary N) is 1. The normalized spacial score (nSPS) is 14.0. The number of halogens is 3. The molecule has 3 N–H and O–H groups in total. The first-order chi connectivity index (χ1) is 7.47. The van der Waals surface area contributed by atoms with Crippen molar-refractivity contribution in [3.63, 3.8) is 0 Å². The van der Waals surface area contributed by atoms with Crippen LogP contribution in [0.1, 0.15) is 12.2 Å². The Morgan fingerprint density at radius 3 is 2.81 bits per heavy atom. The zero-order valence-electron chi connectivity index (χ0n) is 8.63. The van der Waals surface area contributed by atoms with Crippen molar-refractivity contribution in [3.8, 4) is 0 Å². The van der Waals surface area contributed by atoms with Crippen molar-refractivity contribution in [1.82, 2.24) is 9.97 Å². The Morgan fingerprint density at radius 1 is 1.50 bits per heavy atom. The van der Waals surface area contributed by atoms with Crippen LogP contribution in [0.25, 0.3) is 0 Å². The number of alkyl halides is 3. The minimum absolute atomic E-state index is 0.00137. The number of nitrogens with one attached hydrogen (secondary N) is 1. The lowest BCUT2D eigenvalue weighted by atomic mass is 10.1. The van der Waals surface area contributed by atoms with E-state index in [-0.39, 0.29) is 12.6 Å².